The van der Waals surface area contributed by atoms with Crippen molar-refractivity contribution in [2.24, 2.45) is 0 Å². The fraction of sp³-hybridized carbons (Fsp3) is 0.531. The van der Waals surface area contributed by atoms with Crippen LogP contribution < -0.4 is 15.8 Å². The Balaban J connectivity index is 0.00000248. The molecule has 1 amide bonds. The number of aryl methyl sites for hydroxylation is 1. The third-order valence-corrected chi connectivity index (χ3v) is 7.31. The summed E-state index contributed by atoms with van der Waals surface area (Å²) in [4.78, 5) is 16.7. The highest BCUT2D eigenvalue weighted by Gasteiger charge is 2.50. The van der Waals surface area contributed by atoms with Crippen molar-refractivity contribution in [3.8, 4) is 0 Å². The molecule has 43 heavy (non-hydrogen) atoms. The van der Waals surface area contributed by atoms with Crippen molar-refractivity contribution in [1.82, 2.24) is 20.0 Å². The number of amides is 1. The van der Waals surface area contributed by atoms with Gasteiger partial charge in [-0.3, -0.25) is 0 Å². The molecule has 1 N–H and O–H groups in total. The first-order valence-electron chi connectivity index (χ1n) is 14.8. The van der Waals surface area contributed by atoms with E-state index in [1.165, 1.54) is 12.1 Å². The molecular formula is C32H43F4N5O2. The number of hydrogen-bond donors (Lipinski definition) is 1. The molecule has 2 fully saturated rings. The summed E-state index contributed by atoms with van der Waals surface area (Å²) in [7, 11) is 0. The molecule has 3 heterocycles. The summed E-state index contributed by atoms with van der Waals surface area (Å²) in [5.41, 5.74) is -0.365. The van der Waals surface area contributed by atoms with Crippen molar-refractivity contribution in [2.45, 2.75) is 98.6 Å². The van der Waals surface area contributed by atoms with Crippen LogP contribution in [-0.2, 0) is 17.5 Å². The zero-order chi connectivity index (χ0) is 32.1. The first kappa shape index (κ1) is 33.9. The maximum atomic E-state index is 14.7. The molecule has 2 aromatic rings. The predicted octanol–water partition coefficient (Wildman–Crippen LogP) is 6.15. The van der Waals surface area contributed by atoms with Gasteiger partial charge in [0.1, 0.15) is 11.4 Å². The van der Waals surface area contributed by atoms with Crippen LogP contribution >= 0.6 is 0 Å². The zero-order valence-electron chi connectivity index (χ0n) is 26.3. The first-order chi connectivity index (χ1) is 20.2. The number of benzene rings is 1. The second-order valence-electron chi connectivity index (χ2n) is 11.3. The number of carbonyl (C=O) groups is 1. The number of nitrogens with zero attached hydrogens (tertiary/aromatic N) is 4. The predicted molar refractivity (Wildman–Crippen MR) is 161 cm³/mol. The fourth-order valence-corrected chi connectivity index (χ4v) is 5.40. The van der Waals surface area contributed by atoms with Gasteiger partial charge in [-0.2, -0.15) is 18.3 Å². The number of allylic oxidation sites excluding steroid dienone is 2. The molecule has 2 atom stereocenters. The highest BCUT2D eigenvalue weighted by Crippen LogP contribution is 2.36. The Bertz CT molecular complexity index is 1450. The molecular weight excluding hydrogens is 562 g/mol. The number of halogens is 4. The van der Waals surface area contributed by atoms with Crippen LogP contribution in [0.5, 0.6) is 0 Å². The standard InChI is InChI=1S/C30H37F4N5O2.C2H6/c1-7-10-20(38-14-13-24-25(38)17-39(24)28(40)41-29(4,5)6)15-22-21(8-2)18(3)36-37-27(22)35-16-19-11-9-12-23(26(19)31)30(32,33)34;1-2/h8-12,15,24-25H,7,13-14,16-17H2,1-6H3,(H,35,37);1-2H3/b20-10-,21-8-,22-15+;. The van der Waals surface area contributed by atoms with E-state index in [0.717, 1.165) is 36.4 Å². The fourth-order valence-electron chi connectivity index (χ4n) is 5.40. The number of rotatable bonds is 6. The molecule has 11 heteroatoms. The van der Waals surface area contributed by atoms with Crippen molar-refractivity contribution in [1.29, 1.82) is 0 Å². The summed E-state index contributed by atoms with van der Waals surface area (Å²) in [5.74, 6) is -0.975. The Morgan fingerprint density at radius 1 is 1.12 bits per heavy atom. The number of nitrogens with one attached hydrogen (secondary N) is 1. The van der Waals surface area contributed by atoms with Gasteiger partial charge < -0.3 is 19.9 Å². The van der Waals surface area contributed by atoms with E-state index in [-0.39, 0.29) is 30.3 Å². The van der Waals surface area contributed by atoms with Crippen LogP contribution in [0.1, 0.15) is 78.1 Å². The van der Waals surface area contributed by atoms with E-state index in [4.69, 9.17) is 4.74 Å². The maximum absolute atomic E-state index is 14.7. The molecule has 0 bridgehead atoms. The van der Waals surface area contributed by atoms with Crippen molar-refractivity contribution < 1.29 is 27.1 Å². The summed E-state index contributed by atoms with van der Waals surface area (Å²) in [5, 5.41) is 13.0. The minimum Gasteiger partial charge on any atom is -0.444 e. The van der Waals surface area contributed by atoms with Gasteiger partial charge in [0.2, 0.25) is 0 Å². The van der Waals surface area contributed by atoms with E-state index in [1.807, 2.05) is 67.5 Å². The van der Waals surface area contributed by atoms with Crippen LogP contribution in [0.15, 0.2) is 30.0 Å². The van der Waals surface area contributed by atoms with Crippen molar-refractivity contribution in [3.05, 3.63) is 63.0 Å². The molecule has 2 saturated heterocycles. The summed E-state index contributed by atoms with van der Waals surface area (Å²) in [6, 6.07) is 3.41. The topological polar surface area (TPSA) is 70.6 Å². The molecule has 0 spiro atoms. The van der Waals surface area contributed by atoms with Gasteiger partial charge in [0, 0.05) is 41.3 Å². The number of hydrogen-bond acceptors (Lipinski definition) is 6. The highest BCUT2D eigenvalue weighted by molar-refractivity contribution is 5.70. The van der Waals surface area contributed by atoms with Crippen molar-refractivity contribution >= 4 is 24.1 Å². The number of ether oxygens (including phenoxy) is 1. The van der Waals surface area contributed by atoms with Gasteiger partial charge in [-0.05, 0) is 59.6 Å². The van der Waals surface area contributed by atoms with Gasteiger partial charge in [0.05, 0.1) is 23.3 Å². The minimum absolute atomic E-state index is 0.0505. The van der Waals surface area contributed by atoms with Crippen LogP contribution in [0.3, 0.4) is 0 Å². The van der Waals surface area contributed by atoms with E-state index in [1.54, 1.807) is 4.90 Å². The molecule has 0 aliphatic carbocycles. The Kier molecular flexibility index (Phi) is 10.8. The van der Waals surface area contributed by atoms with Gasteiger partial charge in [-0.25, -0.2) is 9.18 Å². The SMILES string of the molecule is C/C=c1/c(C)nnc(NCc2cccc(C(F)(F)F)c2F)/c1=C/C(=C/CC)N1CCC2C1CN2C(=O)OC(C)(C)C.CC. The molecule has 2 unspecified atom stereocenters. The lowest BCUT2D eigenvalue weighted by Gasteiger charge is -2.47. The molecule has 1 aromatic heterocycles. The van der Waals surface area contributed by atoms with Gasteiger partial charge in [0.25, 0.3) is 0 Å². The third-order valence-electron chi connectivity index (χ3n) is 7.31. The maximum Gasteiger partial charge on any atom is 0.419 e. The van der Waals surface area contributed by atoms with Crippen molar-refractivity contribution in [3.63, 3.8) is 0 Å². The molecule has 0 radical (unpaired) electrons. The largest absolute Gasteiger partial charge is 0.444 e. The van der Waals surface area contributed by atoms with Crippen LogP contribution in [-0.4, -0.2) is 56.9 Å². The molecule has 0 saturated carbocycles. The lowest BCUT2D eigenvalue weighted by atomic mass is 9.97. The number of alkyl halides is 3. The molecule has 236 valence electrons. The number of fused-ring (bicyclic) bond motifs is 1. The van der Waals surface area contributed by atoms with Crippen LogP contribution in [0.25, 0.3) is 12.2 Å². The van der Waals surface area contributed by atoms with Crippen molar-refractivity contribution in [2.75, 3.05) is 18.4 Å². The summed E-state index contributed by atoms with van der Waals surface area (Å²) < 4.78 is 60.0. The average Bonchev–Trinajstić information content (AvgIpc) is 3.23. The minimum atomic E-state index is -4.79. The van der Waals surface area contributed by atoms with Gasteiger partial charge in [0.15, 0.2) is 5.82 Å². The lowest BCUT2D eigenvalue weighted by Crippen LogP contribution is -2.63. The van der Waals surface area contributed by atoms with E-state index in [0.29, 0.717) is 23.3 Å². The monoisotopic (exact) mass is 605 g/mol. The molecule has 2 aliphatic rings. The van der Waals surface area contributed by atoms with Crippen LogP contribution in [0.4, 0.5) is 28.2 Å². The van der Waals surface area contributed by atoms with Crippen LogP contribution in [0.2, 0.25) is 0 Å². The number of anilines is 1. The smallest absolute Gasteiger partial charge is 0.419 e. The Morgan fingerprint density at radius 3 is 2.42 bits per heavy atom. The summed E-state index contributed by atoms with van der Waals surface area (Å²) in [6.45, 7) is 16.4. The Morgan fingerprint density at radius 2 is 1.81 bits per heavy atom. The number of carbonyl (C=O) groups excluding carboxylic acids is 1. The summed E-state index contributed by atoms with van der Waals surface area (Å²) in [6.07, 6.45) is 2.45. The zero-order valence-corrected chi connectivity index (χ0v) is 26.3. The quantitative estimate of drug-likeness (QED) is 0.399. The first-order valence-corrected chi connectivity index (χ1v) is 14.8. The van der Waals surface area contributed by atoms with E-state index >= 15 is 0 Å². The van der Waals surface area contributed by atoms with Crippen LogP contribution in [0, 0.1) is 12.7 Å². The lowest BCUT2D eigenvalue weighted by molar-refractivity contribution is -0.140. The second-order valence-corrected chi connectivity index (χ2v) is 11.3. The normalized spacial score (nSPS) is 19.5. The Labute approximate surface area is 251 Å². The third kappa shape index (κ3) is 7.67. The van der Waals surface area contributed by atoms with Gasteiger partial charge in [-0.15, -0.1) is 5.10 Å². The second kappa shape index (κ2) is 13.8. The Hall–Kier alpha value is -3.63. The van der Waals surface area contributed by atoms with Gasteiger partial charge >= 0.3 is 12.3 Å². The number of likely N-dealkylation sites (tertiary alicyclic amines) is 2. The van der Waals surface area contributed by atoms with Gasteiger partial charge in [-0.1, -0.05) is 45.1 Å². The molecule has 1 aromatic carbocycles. The van der Waals surface area contributed by atoms with E-state index in [9.17, 15) is 22.4 Å². The van der Waals surface area contributed by atoms with E-state index in [2.05, 4.69) is 26.5 Å². The van der Waals surface area contributed by atoms with E-state index < -0.39 is 23.2 Å². The molecule has 4 rings (SSSR count). The molecule has 2 aliphatic heterocycles. The number of aromatic nitrogens is 2. The average molecular weight is 606 g/mol. The highest BCUT2D eigenvalue weighted by atomic mass is 19.4. The summed E-state index contributed by atoms with van der Waals surface area (Å²) >= 11 is 0. The molecule has 7 nitrogen and oxygen atoms in total.